The number of nitrogens with zero attached hydrogens (tertiary/aromatic N) is 2. The van der Waals surface area contributed by atoms with Gasteiger partial charge in [0.2, 0.25) is 0 Å². The molecule has 0 aliphatic carbocycles. The molecule has 0 radical (unpaired) electrons. The highest BCUT2D eigenvalue weighted by Crippen LogP contribution is 2.23. The molecule has 0 saturated carbocycles. The fourth-order valence-corrected chi connectivity index (χ4v) is 2.50. The second-order valence-electron chi connectivity index (χ2n) is 5.02. The summed E-state index contributed by atoms with van der Waals surface area (Å²) < 4.78 is 0. The number of aromatic hydroxyl groups is 1. The first kappa shape index (κ1) is 12.0. The molecule has 2 aromatic carbocycles. The molecule has 0 saturated heterocycles. The van der Waals surface area contributed by atoms with Gasteiger partial charge in [-0.1, -0.05) is 0 Å². The maximum Gasteiger partial charge on any atom is 0.138 e. The first-order chi connectivity index (χ1) is 10.3. The minimum Gasteiger partial charge on any atom is -0.508 e. The largest absolute Gasteiger partial charge is 0.508 e. The van der Waals surface area contributed by atoms with Crippen molar-refractivity contribution in [1.82, 2.24) is 15.3 Å². The zero-order chi connectivity index (χ0) is 14.2. The highest BCUT2D eigenvalue weighted by Gasteiger charge is 2.11. The standard InChI is InChI=1S/C16H14N4O/c21-12-4-1-10(2-5-12)16-19-13-6-3-11(9-14(13)20-16)15-17-7-8-18-15/h1-6,9,21H,7-8H2,(H,17,18)(H,19,20). The van der Waals surface area contributed by atoms with Gasteiger partial charge < -0.3 is 15.4 Å². The predicted molar refractivity (Wildman–Crippen MR) is 82.6 cm³/mol. The van der Waals surface area contributed by atoms with Crippen LogP contribution in [0.4, 0.5) is 0 Å². The number of aliphatic imine (C=N–C) groups is 1. The number of fused-ring (bicyclic) bond motifs is 1. The number of aromatic nitrogens is 2. The van der Waals surface area contributed by atoms with E-state index in [1.54, 1.807) is 12.1 Å². The van der Waals surface area contributed by atoms with Gasteiger partial charge in [0.15, 0.2) is 0 Å². The van der Waals surface area contributed by atoms with Gasteiger partial charge in [-0.2, -0.15) is 0 Å². The Bertz CT molecular complexity index is 833. The summed E-state index contributed by atoms with van der Waals surface area (Å²) in [6.07, 6.45) is 0. The van der Waals surface area contributed by atoms with Crippen LogP contribution in [0.5, 0.6) is 5.75 Å². The van der Waals surface area contributed by atoms with E-state index in [0.717, 1.165) is 46.9 Å². The van der Waals surface area contributed by atoms with E-state index in [2.05, 4.69) is 26.3 Å². The Hall–Kier alpha value is -2.82. The number of hydrogen-bond acceptors (Lipinski definition) is 4. The summed E-state index contributed by atoms with van der Waals surface area (Å²) >= 11 is 0. The van der Waals surface area contributed by atoms with E-state index >= 15 is 0 Å². The van der Waals surface area contributed by atoms with Gasteiger partial charge in [-0.25, -0.2) is 4.98 Å². The summed E-state index contributed by atoms with van der Waals surface area (Å²) in [5.41, 5.74) is 3.91. The molecule has 3 aromatic rings. The summed E-state index contributed by atoms with van der Waals surface area (Å²) in [5, 5.41) is 12.6. The molecule has 0 bridgehead atoms. The van der Waals surface area contributed by atoms with Crippen LogP contribution in [0.3, 0.4) is 0 Å². The number of hydrogen-bond donors (Lipinski definition) is 3. The van der Waals surface area contributed by atoms with Gasteiger partial charge in [-0.15, -0.1) is 0 Å². The molecule has 21 heavy (non-hydrogen) atoms. The van der Waals surface area contributed by atoms with Crippen molar-refractivity contribution in [2.24, 2.45) is 4.99 Å². The number of amidine groups is 1. The minimum absolute atomic E-state index is 0.252. The third-order valence-electron chi connectivity index (χ3n) is 3.57. The molecule has 0 atom stereocenters. The van der Waals surface area contributed by atoms with Gasteiger partial charge in [0, 0.05) is 17.7 Å². The lowest BCUT2D eigenvalue weighted by Crippen LogP contribution is -2.19. The molecule has 4 rings (SSSR count). The normalized spacial score (nSPS) is 14.2. The van der Waals surface area contributed by atoms with Crippen LogP contribution < -0.4 is 5.32 Å². The Balaban J connectivity index is 1.77. The van der Waals surface area contributed by atoms with E-state index in [1.165, 1.54) is 0 Å². The number of phenolic OH excluding ortho intramolecular Hbond substituents is 1. The highest BCUT2D eigenvalue weighted by molar-refractivity contribution is 6.02. The van der Waals surface area contributed by atoms with Crippen LogP contribution in [0.25, 0.3) is 22.4 Å². The quantitative estimate of drug-likeness (QED) is 0.673. The van der Waals surface area contributed by atoms with Crippen LogP contribution >= 0.6 is 0 Å². The maximum absolute atomic E-state index is 9.35. The van der Waals surface area contributed by atoms with E-state index in [1.807, 2.05) is 24.3 Å². The molecule has 5 nitrogen and oxygen atoms in total. The number of nitrogens with one attached hydrogen (secondary N) is 2. The first-order valence-electron chi connectivity index (χ1n) is 6.87. The first-order valence-corrected chi connectivity index (χ1v) is 6.87. The third-order valence-corrected chi connectivity index (χ3v) is 3.57. The van der Waals surface area contributed by atoms with E-state index in [-0.39, 0.29) is 5.75 Å². The highest BCUT2D eigenvalue weighted by atomic mass is 16.3. The average Bonchev–Trinajstić information content (AvgIpc) is 3.16. The number of aromatic amines is 1. The lowest BCUT2D eigenvalue weighted by atomic mass is 10.2. The lowest BCUT2D eigenvalue weighted by Gasteiger charge is -2.01. The fourth-order valence-electron chi connectivity index (χ4n) is 2.50. The van der Waals surface area contributed by atoms with Crippen molar-refractivity contribution < 1.29 is 5.11 Å². The Morgan fingerprint density at radius 2 is 1.81 bits per heavy atom. The maximum atomic E-state index is 9.35. The van der Waals surface area contributed by atoms with Gasteiger partial charge in [0.25, 0.3) is 0 Å². The van der Waals surface area contributed by atoms with Crippen molar-refractivity contribution >= 4 is 16.9 Å². The number of imidazole rings is 1. The van der Waals surface area contributed by atoms with Crippen molar-refractivity contribution in [1.29, 1.82) is 0 Å². The average molecular weight is 278 g/mol. The van der Waals surface area contributed by atoms with Gasteiger partial charge in [-0.05, 0) is 42.5 Å². The van der Waals surface area contributed by atoms with Crippen LogP contribution in [0.2, 0.25) is 0 Å². The Labute approximate surface area is 121 Å². The molecule has 0 unspecified atom stereocenters. The molecular formula is C16H14N4O. The zero-order valence-corrected chi connectivity index (χ0v) is 11.3. The molecule has 2 heterocycles. The molecule has 0 amide bonds. The monoisotopic (exact) mass is 278 g/mol. The van der Waals surface area contributed by atoms with E-state index in [0.29, 0.717) is 0 Å². The number of H-pyrrole nitrogens is 1. The molecule has 0 fully saturated rings. The van der Waals surface area contributed by atoms with Gasteiger partial charge in [0.05, 0.1) is 17.6 Å². The Morgan fingerprint density at radius 1 is 1.00 bits per heavy atom. The number of benzene rings is 2. The van der Waals surface area contributed by atoms with Crippen molar-refractivity contribution in [2.45, 2.75) is 0 Å². The minimum atomic E-state index is 0.252. The number of phenols is 1. The molecule has 1 aliphatic heterocycles. The van der Waals surface area contributed by atoms with Crippen molar-refractivity contribution in [3.05, 3.63) is 48.0 Å². The van der Waals surface area contributed by atoms with E-state index < -0.39 is 0 Å². The molecule has 1 aromatic heterocycles. The summed E-state index contributed by atoms with van der Waals surface area (Å²) in [7, 11) is 0. The van der Waals surface area contributed by atoms with Crippen molar-refractivity contribution in [2.75, 3.05) is 13.1 Å². The molecule has 1 aliphatic rings. The van der Waals surface area contributed by atoms with E-state index in [4.69, 9.17) is 0 Å². The topological polar surface area (TPSA) is 73.3 Å². The van der Waals surface area contributed by atoms with Crippen LogP contribution in [-0.2, 0) is 0 Å². The third kappa shape index (κ3) is 2.12. The Kier molecular flexibility index (Phi) is 2.64. The number of rotatable bonds is 2. The molecule has 0 spiro atoms. The second-order valence-corrected chi connectivity index (χ2v) is 5.02. The summed E-state index contributed by atoms with van der Waals surface area (Å²) in [6, 6.07) is 13.1. The van der Waals surface area contributed by atoms with Crippen LogP contribution in [0.1, 0.15) is 5.56 Å². The predicted octanol–water partition coefficient (Wildman–Crippen LogP) is 2.29. The van der Waals surface area contributed by atoms with Crippen molar-refractivity contribution in [3.63, 3.8) is 0 Å². The fraction of sp³-hybridized carbons (Fsp3) is 0.125. The lowest BCUT2D eigenvalue weighted by molar-refractivity contribution is 0.475. The smallest absolute Gasteiger partial charge is 0.138 e. The molecule has 104 valence electrons. The van der Waals surface area contributed by atoms with Crippen LogP contribution in [-0.4, -0.2) is 34.0 Å². The van der Waals surface area contributed by atoms with Gasteiger partial charge in [-0.3, -0.25) is 4.99 Å². The molecule has 5 heteroatoms. The molecule has 3 N–H and O–H groups in total. The van der Waals surface area contributed by atoms with Crippen LogP contribution in [0, 0.1) is 0 Å². The SMILES string of the molecule is Oc1ccc(-c2nc3ccc(C4=NCCN4)cc3[nH]2)cc1. The second kappa shape index (κ2) is 4.63. The van der Waals surface area contributed by atoms with Crippen LogP contribution in [0.15, 0.2) is 47.5 Å². The van der Waals surface area contributed by atoms with E-state index in [9.17, 15) is 5.11 Å². The summed E-state index contributed by atoms with van der Waals surface area (Å²) in [5.74, 6) is 1.99. The van der Waals surface area contributed by atoms with Gasteiger partial charge >= 0.3 is 0 Å². The summed E-state index contributed by atoms with van der Waals surface area (Å²) in [4.78, 5) is 12.3. The summed E-state index contributed by atoms with van der Waals surface area (Å²) in [6.45, 7) is 1.73. The Morgan fingerprint density at radius 3 is 2.57 bits per heavy atom. The zero-order valence-electron chi connectivity index (χ0n) is 11.3. The van der Waals surface area contributed by atoms with Crippen molar-refractivity contribution in [3.8, 4) is 17.1 Å². The molecular weight excluding hydrogens is 264 g/mol. The van der Waals surface area contributed by atoms with Gasteiger partial charge in [0.1, 0.15) is 17.4 Å².